The molecule has 0 spiro atoms. The van der Waals surface area contributed by atoms with Crippen molar-refractivity contribution in [3.8, 4) is 0 Å². The first-order valence-electron chi connectivity index (χ1n) is 13.2. The van der Waals surface area contributed by atoms with Gasteiger partial charge in [-0.25, -0.2) is 0 Å². The molecule has 0 heterocycles. The van der Waals surface area contributed by atoms with Crippen molar-refractivity contribution in [3.63, 3.8) is 0 Å². The lowest BCUT2D eigenvalue weighted by molar-refractivity contribution is 0.0349. The fourth-order valence-corrected chi connectivity index (χ4v) is 18.8. The first kappa shape index (κ1) is 40.5. The zero-order valence-electron chi connectivity index (χ0n) is 26.3. The van der Waals surface area contributed by atoms with Gasteiger partial charge >= 0.3 is 35.2 Å². The van der Waals surface area contributed by atoms with Gasteiger partial charge in [-0.3, -0.25) is 0 Å². The Morgan fingerprint density at radius 1 is 0.342 bits per heavy atom. The summed E-state index contributed by atoms with van der Waals surface area (Å²) in [5, 5.41) is -0.389. The van der Waals surface area contributed by atoms with E-state index in [1.54, 1.807) is 42.7 Å². The van der Waals surface area contributed by atoms with Crippen LogP contribution < -0.4 is 0 Å². The van der Waals surface area contributed by atoms with Gasteiger partial charge in [0, 0.05) is 82.3 Å². The van der Waals surface area contributed by atoms with Gasteiger partial charge in [-0.15, -0.1) is 0 Å². The maximum absolute atomic E-state index is 6.01. The van der Waals surface area contributed by atoms with Crippen molar-refractivity contribution in [2.24, 2.45) is 0 Å². The fraction of sp³-hybridized carbons (Fsp3) is 1.00. The Morgan fingerprint density at radius 3 is 0.632 bits per heavy atom. The highest BCUT2D eigenvalue weighted by molar-refractivity contribution is 6.83. The van der Waals surface area contributed by atoms with E-state index in [1.165, 1.54) is 0 Å². The van der Waals surface area contributed by atoms with E-state index in [1.807, 2.05) is 55.4 Å². The molecule has 0 aliphatic heterocycles. The maximum atomic E-state index is 6.01. The SMILES string of the molecule is CCO[Si](OCC)(OCC)C(C)[Si](OCC)(OCC)OCC.CO[Si](OC)(OC)C(C)[Si](OC)(OC)OC. The smallest absolute Gasteiger partial charge is 0.377 e. The topological polar surface area (TPSA) is 111 Å². The Balaban J connectivity index is 0. The monoisotopic (exact) mass is 624 g/mol. The predicted octanol–water partition coefficient (Wildman–Crippen LogP) is 3.68. The lowest BCUT2D eigenvalue weighted by Gasteiger charge is -2.40. The van der Waals surface area contributed by atoms with Crippen molar-refractivity contribution in [3.05, 3.63) is 0 Å². The van der Waals surface area contributed by atoms with Crippen molar-refractivity contribution in [2.45, 2.75) is 65.7 Å². The number of hydrogen-bond acceptors (Lipinski definition) is 12. The Bertz CT molecular complexity index is 474. The summed E-state index contributed by atoms with van der Waals surface area (Å²) in [7, 11) is -2.27. The summed E-state index contributed by atoms with van der Waals surface area (Å²) in [5.41, 5.74) is 0. The molecule has 0 aliphatic carbocycles. The van der Waals surface area contributed by atoms with Crippen LogP contribution in [0, 0.1) is 0 Å². The Hall–Kier alpha value is 0.388. The van der Waals surface area contributed by atoms with Gasteiger partial charge in [-0.2, -0.15) is 0 Å². The molecule has 0 aromatic rings. The van der Waals surface area contributed by atoms with Crippen molar-refractivity contribution < 1.29 is 53.1 Å². The zero-order chi connectivity index (χ0) is 29.9. The molecule has 0 saturated carbocycles. The molecule has 16 heteroatoms. The van der Waals surface area contributed by atoms with Crippen LogP contribution in [0.1, 0.15) is 55.4 Å². The minimum atomic E-state index is -2.96. The van der Waals surface area contributed by atoms with Crippen LogP contribution in [0.2, 0.25) is 10.3 Å². The van der Waals surface area contributed by atoms with E-state index in [2.05, 4.69) is 0 Å². The average molecular weight is 625 g/mol. The van der Waals surface area contributed by atoms with E-state index in [-0.39, 0.29) is 10.3 Å². The summed E-state index contributed by atoms with van der Waals surface area (Å²) in [5.74, 6) is 0. The van der Waals surface area contributed by atoms with Crippen LogP contribution in [0.5, 0.6) is 0 Å². The van der Waals surface area contributed by atoms with E-state index < -0.39 is 35.2 Å². The highest BCUT2D eigenvalue weighted by Crippen LogP contribution is 2.37. The second kappa shape index (κ2) is 21.1. The predicted molar refractivity (Wildman–Crippen MR) is 154 cm³/mol. The largest absolute Gasteiger partial charge is 0.508 e. The van der Waals surface area contributed by atoms with Crippen LogP contribution in [0.25, 0.3) is 0 Å². The molecule has 38 heavy (non-hydrogen) atoms. The van der Waals surface area contributed by atoms with Gasteiger partial charge < -0.3 is 53.1 Å². The van der Waals surface area contributed by atoms with E-state index in [0.29, 0.717) is 39.6 Å². The molecule has 0 atom stereocenters. The van der Waals surface area contributed by atoms with Crippen molar-refractivity contribution in [1.82, 2.24) is 0 Å². The molecule has 0 bridgehead atoms. The first-order valence-corrected chi connectivity index (χ1v) is 20.4. The van der Waals surface area contributed by atoms with Crippen molar-refractivity contribution in [1.29, 1.82) is 0 Å². The van der Waals surface area contributed by atoms with Crippen molar-refractivity contribution >= 4 is 35.2 Å². The molecule has 0 rings (SSSR count). The van der Waals surface area contributed by atoms with Gasteiger partial charge in [0.1, 0.15) is 0 Å². The zero-order valence-corrected chi connectivity index (χ0v) is 30.3. The molecular weight excluding hydrogens is 569 g/mol. The molecular formula is C22H56O12Si4. The second-order valence-corrected chi connectivity index (χ2v) is 21.3. The summed E-state index contributed by atoms with van der Waals surface area (Å²) >= 11 is 0. The molecule has 0 radical (unpaired) electrons. The lowest BCUT2D eigenvalue weighted by atomic mass is 10.9. The summed E-state index contributed by atoms with van der Waals surface area (Å²) < 4.78 is 68.4. The maximum Gasteiger partial charge on any atom is 0.508 e. The van der Waals surface area contributed by atoms with Gasteiger partial charge in [0.05, 0.1) is 10.3 Å². The van der Waals surface area contributed by atoms with Crippen LogP contribution in [-0.4, -0.2) is 118 Å². The van der Waals surface area contributed by atoms with Gasteiger partial charge in [0.2, 0.25) is 0 Å². The Kier molecular flexibility index (Phi) is 22.5. The van der Waals surface area contributed by atoms with Gasteiger partial charge in [-0.05, 0) is 41.5 Å². The molecule has 0 aromatic carbocycles. The van der Waals surface area contributed by atoms with Crippen molar-refractivity contribution in [2.75, 3.05) is 82.3 Å². The van der Waals surface area contributed by atoms with E-state index in [9.17, 15) is 0 Å². The third-order valence-electron chi connectivity index (χ3n) is 5.90. The van der Waals surface area contributed by atoms with E-state index >= 15 is 0 Å². The highest BCUT2D eigenvalue weighted by atomic mass is 28.5. The summed E-state index contributed by atoms with van der Waals surface area (Å²) in [6.45, 7) is 18.7. The molecule has 0 amide bonds. The second-order valence-electron chi connectivity index (χ2n) is 7.68. The van der Waals surface area contributed by atoms with E-state index in [0.717, 1.165) is 0 Å². The molecule has 232 valence electrons. The average Bonchev–Trinajstić information content (AvgIpc) is 2.92. The van der Waals surface area contributed by atoms with Crippen LogP contribution >= 0.6 is 0 Å². The molecule has 0 unspecified atom stereocenters. The highest BCUT2D eigenvalue weighted by Gasteiger charge is 2.63. The molecule has 0 aromatic heterocycles. The Morgan fingerprint density at radius 2 is 0.500 bits per heavy atom. The molecule has 0 fully saturated rings. The van der Waals surface area contributed by atoms with Gasteiger partial charge in [0.15, 0.2) is 0 Å². The first-order chi connectivity index (χ1) is 18.0. The normalized spacial score (nSPS) is 13.3. The number of rotatable bonds is 22. The summed E-state index contributed by atoms with van der Waals surface area (Å²) in [6.07, 6.45) is 0. The summed E-state index contributed by atoms with van der Waals surface area (Å²) in [4.78, 5) is 0. The van der Waals surface area contributed by atoms with Crippen LogP contribution in [0.4, 0.5) is 0 Å². The van der Waals surface area contributed by atoms with Crippen LogP contribution in [0.15, 0.2) is 0 Å². The summed E-state index contributed by atoms with van der Waals surface area (Å²) in [6, 6.07) is 0. The Labute approximate surface area is 236 Å². The number of hydrogen-bond donors (Lipinski definition) is 0. The lowest BCUT2D eigenvalue weighted by Crippen LogP contribution is -2.63. The fourth-order valence-electron chi connectivity index (χ4n) is 4.20. The molecule has 0 aliphatic rings. The molecule has 12 nitrogen and oxygen atoms in total. The molecule has 0 N–H and O–H groups in total. The third kappa shape index (κ3) is 10.3. The van der Waals surface area contributed by atoms with Crippen LogP contribution in [0.3, 0.4) is 0 Å². The standard InChI is InChI=1S/C14H34O6Si2.C8H22O6Si2/c1-8-15-21(16-9-2,17-10-3)14(7)22(18-11-4,19-12-5)20-13-6;1-8(15(9-2,10-3)11-4)16(12-5,13-6)14-7/h14H,8-13H2,1-7H3;8H,1-7H3. The minimum Gasteiger partial charge on any atom is -0.377 e. The molecule has 0 saturated heterocycles. The quantitative estimate of drug-likeness (QED) is 0.164. The van der Waals surface area contributed by atoms with Gasteiger partial charge in [-0.1, -0.05) is 13.8 Å². The third-order valence-corrected chi connectivity index (χ3v) is 21.9. The van der Waals surface area contributed by atoms with Gasteiger partial charge in [0.25, 0.3) is 0 Å². The minimum absolute atomic E-state index is 0.181. The van der Waals surface area contributed by atoms with Crippen LogP contribution in [-0.2, 0) is 53.1 Å². The van der Waals surface area contributed by atoms with E-state index in [4.69, 9.17) is 53.1 Å².